The van der Waals surface area contributed by atoms with E-state index in [0.717, 1.165) is 50.9 Å². The van der Waals surface area contributed by atoms with Gasteiger partial charge in [0.2, 0.25) is 0 Å². The molecule has 2 aromatic rings. The Morgan fingerprint density at radius 2 is 1.89 bits per heavy atom. The van der Waals surface area contributed by atoms with Gasteiger partial charge in [-0.2, -0.15) is 0 Å². The largest absolute Gasteiger partial charge is 0.379 e. The molecule has 1 N–H and O–H groups in total. The number of benzene rings is 1. The molecule has 0 unspecified atom stereocenters. The Morgan fingerprint density at radius 3 is 2.54 bits per heavy atom. The molecule has 0 bridgehead atoms. The van der Waals surface area contributed by atoms with Gasteiger partial charge in [0.05, 0.1) is 17.1 Å². The van der Waals surface area contributed by atoms with Crippen molar-refractivity contribution in [3.05, 3.63) is 34.0 Å². The zero-order chi connectivity index (χ0) is 19.9. The third-order valence-corrected chi connectivity index (χ3v) is 7.00. The summed E-state index contributed by atoms with van der Waals surface area (Å²) in [6.07, 6.45) is 6.95. The molecule has 0 radical (unpaired) electrons. The SMILES string of the molecule is CCOC1CCC(C)(N2CCC(n3c(=O)[nH]c4cc(F)c(C)cc43)CC2)CC1. The number of fused-ring (bicyclic) bond motifs is 1. The van der Waals surface area contributed by atoms with E-state index in [9.17, 15) is 9.18 Å². The molecule has 154 valence electrons. The Labute approximate surface area is 165 Å². The summed E-state index contributed by atoms with van der Waals surface area (Å²) in [4.78, 5) is 18.0. The molecule has 1 aromatic carbocycles. The molecule has 0 amide bonds. The minimum absolute atomic E-state index is 0.123. The van der Waals surface area contributed by atoms with Gasteiger partial charge in [-0.05, 0) is 77.0 Å². The van der Waals surface area contributed by atoms with E-state index in [1.807, 2.05) is 4.57 Å². The van der Waals surface area contributed by atoms with Gasteiger partial charge in [0.25, 0.3) is 0 Å². The average molecular weight is 390 g/mol. The maximum atomic E-state index is 13.9. The predicted octanol–water partition coefficient (Wildman–Crippen LogP) is 4.15. The first-order valence-electron chi connectivity index (χ1n) is 10.7. The number of likely N-dealkylation sites (tertiary alicyclic amines) is 1. The van der Waals surface area contributed by atoms with Crippen LogP contribution in [-0.2, 0) is 4.74 Å². The van der Waals surface area contributed by atoms with E-state index in [1.165, 1.54) is 18.9 Å². The molecule has 6 heteroatoms. The smallest absolute Gasteiger partial charge is 0.326 e. The fourth-order valence-corrected chi connectivity index (χ4v) is 5.21. The van der Waals surface area contributed by atoms with Crippen molar-refractivity contribution in [1.82, 2.24) is 14.5 Å². The van der Waals surface area contributed by atoms with Gasteiger partial charge < -0.3 is 9.72 Å². The van der Waals surface area contributed by atoms with Crippen LogP contribution in [0.4, 0.5) is 4.39 Å². The molecule has 4 rings (SSSR count). The monoisotopic (exact) mass is 389 g/mol. The molecule has 1 saturated heterocycles. The second kappa shape index (κ2) is 7.64. The van der Waals surface area contributed by atoms with Gasteiger partial charge in [0.1, 0.15) is 5.82 Å². The van der Waals surface area contributed by atoms with Crippen LogP contribution < -0.4 is 5.69 Å². The van der Waals surface area contributed by atoms with Gasteiger partial charge in [-0.1, -0.05) is 0 Å². The lowest BCUT2D eigenvalue weighted by Gasteiger charge is -2.48. The van der Waals surface area contributed by atoms with Crippen LogP contribution in [0.2, 0.25) is 0 Å². The first-order chi connectivity index (χ1) is 13.4. The molecular formula is C22H32FN3O2. The third kappa shape index (κ3) is 3.52. The zero-order valence-electron chi connectivity index (χ0n) is 17.3. The van der Waals surface area contributed by atoms with Crippen molar-refractivity contribution in [3.8, 4) is 0 Å². The van der Waals surface area contributed by atoms with Crippen LogP contribution in [-0.4, -0.2) is 45.8 Å². The predicted molar refractivity (Wildman–Crippen MR) is 109 cm³/mol. The summed E-state index contributed by atoms with van der Waals surface area (Å²) in [6, 6.07) is 3.41. The molecule has 0 spiro atoms. The number of halogens is 1. The molecule has 0 atom stereocenters. The summed E-state index contributed by atoms with van der Waals surface area (Å²) < 4.78 is 21.5. The maximum absolute atomic E-state index is 13.9. The van der Waals surface area contributed by atoms with E-state index in [1.54, 1.807) is 13.0 Å². The maximum Gasteiger partial charge on any atom is 0.326 e. The molecule has 1 aromatic heterocycles. The van der Waals surface area contributed by atoms with Crippen LogP contribution in [0.15, 0.2) is 16.9 Å². The lowest BCUT2D eigenvalue weighted by molar-refractivity contribution is -0.0273. The summed E-state index contributed by atoms with van der Waals surface area (Å²) in [6.45, 7) is 9.01. The highest BCUT2D eigenvalue weighted by molar-refractivity contribution is 5.76. The van der Waals surface area contributed by atoms with E-state index in [0.29, 0.717) is 17.2 Å². The number of hydrogen-bond acceptors (Lipinski definition) is 3. The van der Waals surface area contributed by atoms with Crippen molar-refractivity contribution in [2.45, 2.75) is 77.0 Å². The highest BCUT2D eigenvalue weighted by Gasteiger charge is 2.38. The molecule has 28 heavy (non-hydrogen) atoms. The lowest BCUT2D eigenvalue weighted by Crippen LogP contribution is -2.53. The topological polar surface area (TPSA) is 50.3 Å². The number of rotatable bonds is 4. The van der Waals surface area contributed by atoms with E-state index in [4.69, 9.17) is 4.74 Å². The van der Waals surface area contributed by atoms with Crippen molar-refractivity contribution < 1.29 is 9.13 Å². The summed E-state index contributed by atoms with van der Waals surface area (Å²) in [7, 11) is 0. The molecule has 2 fully saturated rings. The summed E-state index contributed by atoms with van der Waals surface area (Å²) >= 11 is 0. The highest BCUT2D eigenvalue weighted by atomic mass is 19.1. The van der Waals surface area contributed by atoms with Gasteiger partial charge in [-0.25, -0.2) is 9.18 Å². The molecule has 2 heterocycles. The minimum atomic E-state index is -0.272. The van der Waals surface area contributed by atoms with Crippen molar-refractivity contribution >= 4 is 11.0 Å². The van der Waals surface area contributed by atoms with Gasteiger partial charge in [-0.15, -0.1) is 0 Å². The van der Waals surface area contributed by atoms with Gasteiger partial charge in [0.15, 0.2) is 0 Å². The Bertz CT molecular complexity index is 887. The van der Waals surface area contributed by atoms with Gasteiger partial charge in [0, 0.05) is 31.3 Å². The molecule has 1 aliphatic carbocycles. The minimum Gasteiger partial charge on any atom is -0.379 e. The third-order valence-electron chi connectivity index (χ3n) is 7.00. The van der Waals surface area contributed by atoms with Crippen LogP contribution in [0, 0.1) is 12.7 Å². The standard InChI is InChI=1S/C22H32FN3O2/c1-4-28-17-5-9-22(3,10-6-17)25-11-7-16(8-12-25)26-20-13-15(2)18(23)14-19(20)24-21(26)27/h13-14,16-17H,4-12H2,1-3H3,(H,24,27). The first kappa shape index (κ1) is 19.6. The number of aromatic nitrogens is 2. The van der Waals surface area contributed by atoms with E-state index >= 15 is 0 Å². The number of imidazole rings is 1. The fraction of sp³-hybridized carbons (Fsp3) is 0.682. The normalized spacial score (nSPS) is 27.5. The number of hydrogen-bond donors (Lipinski definition) is 1. The summed E-state index contributed by atoms with van der Waals surface area (Å²) in [5, 5.41) is 0. The molecule has 1 saturated carbocycles. The van der Waals surface area contributed by atoms with Gasteiger partial charge in [-0.3, -0.25) is 9.47 Å². The quantitative estimate of drug-likeness (QED) is 0.855. The molecular weight excluding hydrogens is 357 g/mol. The number of aromatic amines is 1. The van der Waals surface area contributed by atoms with Crippen LogP contribution in [0.3, 0.4) is 0 Å². The van der Waals surface area contributed by atoms with E-state index in [2.05, 4.69) is 23.7 Å². The van der Waals surface area contributed by atoms with Crippen molar-refractivity contribution in [2.24, 2.45) is 0 Å². The van der Waals surface area contributed by atoms with Crippen molar-refractivity contribution in [3.63, 3.8) is 0 Å². The molecule has 5 nitrogen and oxygen atoms in total. The molecule has 2 aliphatic rings. The number of piperidine rings is 1. The van der Waals surface area contributed by atoms with Crippen molar-refractivity contribution in [1.29, 1.82) is 0 Å². The number of nitrogens with one attached hydrogen (secondary N) is 1. The van der Waals surface area contributed by atoms with Crippen LogP contribution >= 0.6 is 0 Å². The van der Waals surface area contributed by atoms with Crippen LogP contribution in [0.5, 0.6) is 0 Å². The highest BCUT2D eigenvalue weighted by Crippen LogP contribution is 2.38. The van der Waals surface area contributed by atoms with Crippen LogP contribution in [0.25, 0.3) is 11.0 Å². The van der Waals surface area contributed by atoms with E-state index < -0.39 is 0 Å². The number of H-pyrrole nitrogens is 1. The van der Waals surface area contributed by atoms with Crippen LogP contribution in [0.1, 0.15) is 64.0 Å². The number of nitrogens with zero attached hydrogens (tertiary/aromatic N) is 2. The Balaban J connectivity index is 1.46. The Hall–Kier alpha value is -1.66. The van der Waals surface area contributed by atoms with Crippen molar-refractivity contribution in [2.75, 3.05) is 19.7 Å². The van der Waals surface area contributed by atoms with Gasteiger partial charge >= 0.3 is 5.69 Å². The summed E-state index contributed by atoms with van der Waals surface area (Å²) in [5.41, 5.74) is 2.12. The first-order valence-corrected chi connectivity index (χ1v) is 10.7. The second-order valence-electron chi connectivity index (χ2n) is 8.79. The Kier molecular flexibility index (Phi) is 5.36. The zero-order valence-corrected chi connectivity index (χ0v) is 17.3. The number of ether oxygens (including phenoxy) is 1. The van der Waals surface area contributed by atoms with E-state index in [-0.39, 0.29) is 23.1 Å². The number of aryl methyl sites for hydroxylation is 1. The lowest BCUT2D eigenvalue weighted by atomic mass is 9.79. The second-order valence-corrected chi connectivity index (χ2v) is 8.79. The molecule has 1 aliphatic heterocycles. The summed E-state index contributed by atoms with van der Waals surface area (Å²) in [5.74, 6) is -0.272. The average Bonchev–Trinajstić information content (AvgIpc) is 2.99. The Morgan fingerprint density at radius 1 is 1.21 bits per heavy atom. The fourth-order valence-electron chi connectivity index (χ4n) is 5.21.